The minimum absolute atomic E-state index is 0.103. The molecule has 0 aliphatic carbocycles. The van der Waals surface area contributed by atoms with Gasteiger partial charge in [-0.3, -0.25) is 0 Å². The molecule has 0 spiro atoms. The Bertz CT molecular complexity index is 1380. The number of hydrogen-bond donors (Lipinski definition) is 2. The van der Waals surface area contributed by atoms with Gasteiger partial charge >= 0.3 is 12.1 Å². The number of piperidine rings is 1. The lowest BCUT2D eigenvalue weighted by Gasteiger charge is -2.34. The molecule has 1 amide bonds. The van der Waals surface area contributed by atoms with Crippen molar-refractivity contribution in [3.05, 3.63) is 46.9 Å². The first-order valence-electron chi connectivity index (χ1n) is 12.8. The number of ether oxygens (including phenoxy) is 2. The largest absolute Gasteiger partial charge is 0.455 e. The lowest BCUT2D eigenvalue weighted by molar-refractivity contribution is 0.00591. The molecule has 39 heavy (non-hydrogen) atoms. The molecule has 0 radical (unpaired) electrons. The number of fused-ring (bicyclic) bond motifs is 1. The first kappa shape index (κ1) is 28.4. The van der Waals surface area contributed by atoms with Crippen molar-refractivity contribution < 1.29 is 23.5 Å². The molecule has 1 aliphatic rings. The molecule has 1 aromatic carbocycles. The Morgan fingerprint density at radius 1 is 1.10 bits per heavy atom. The molecule has 3 aromatic rings. The summed E-state index contributed by atoms with van der Waals surface area (Å²) in [5, 5.41) is 10.9. The van der Waals surface area contributed by atoms with Crippen molar-refractivity contribution in [1.29, 1.82) is 0 Å². The molecule has 4 rings (SSSR count). The number of rotatable bonds is 5. The normalized spacial score (nSPS) is 16.2. The van der Waals surface area contributed by atoms with Crippen molar-refractivity contribution >= 4 is 46.6 Å². The highest BCUT2D eigenvalue weighted by Crippen LogP contribution is 2.31. The first-order valence-corrected chi connectivity index (χ1v) is 13.2. The van der Waals surface area contributed by atoms with Gasteiger partial charge in [-0.15, -0.1) is 5.10 Å². The monoisotopic (exact) mass is 560 g/mol. The quantitative estimate of drug-likeness (QED) is 0.364. The molecule has 0 unspecified atom stereocenters. The van der Waals surface area contributed by atoms with Gasteiger partial charge in [-0.2, -0.15) is 0 Å². The third kappa shape index (κ3) is 7.29. The number of nitrogens with zero attached hydrogens (tertiary/aromatic N) is 4. The molecule has 1 saturated heterocycles. The van der Waals surface area contributed by atoms with Crippen LogP contribution >= 0.6 is 11.6 Å². The standard InChI is InChI=1S/C27H34ClFN6O4/c1-26(2,3)38-24(36)19-14-20(30-18-11-8-12-34(15-18)25(37)39-27(4,5)6)32-23-21(28)22(33-35(19)23)31-17-10-7-9-16(29)13-17/h7,9-10,13-14,18H,8,11-12,15H2,1-6H3,(H,30,32)(H,31,33)/t18-/m0/s1. The molecule has 12 heteroatoms. The van der Waals surface area contributed by atoms with Gasteiger partial charge in [-0.05, 0) is 72.6 Å². The smallest absolute Gasteiger partial charge is 0.410 e. The number of anilines is 3. The zero-order valence-corrected chi connectivity index (χ0v) is 23.7. The van der Waals surface area contributed by atoms with Crippen LogP contribution in [0.2, 0.25) is 5.02 Å². The van der Waals surface area contributed by atoms with Crippen LogP contribution in [0.1, 0.15) is 64.9 Å². The van der Waals surface area contributed by atoms with Crippen LogP contribution in [0.15, 0.2) is 30.3 Å². The van der Waals surface area contributed by atoms with Gasteiger partial charge < -0.3 is 25.0 Å². The lowest BCUT2D eigenvalue weighted by atomic mass is 10.1. The van der Waals surface area contributed by atoms with Gasteiger partial charge in [-0.25, -0.2) is 23.5 Å². The van der Waals surface area contributed by atoms with E-state index in [1.54, 1.807) is 43.9 Å². The molecule has 210 valence electrons. The number of halogens is 2. The summed E-state index contributed by atoms with van der Waals surface area (Å²) in [7, 11) is 0. The summed E-state index contributed by atoms with van der Waals surface area (Å²) >= 11 is 6.65. The van der Waals surface area contributed by atoms with E-state index in [-0.39, 0.29) is 34.3 Å². The first-order chi connectivity index (χ1) is 18.2. The van der Waals surface area contributed by atoms with Gasteiger partial charge in [0.05, 0.1) is 0 Å². The zero-order chi connectivity index (χ0) is 28.5. The van der Waals surface area contributed by atoms with E-state index in [1.807, 2.05) is 20.8 Å². The lowest BCUT2D eigenvalue weighted by Crippen LogP contribution is -2.47. The van der Waals surface area contributed by atoms with Crippen LogP contribution in [0.25, 0.3) is 5.65 Å². The van der Waals surface area contributed by atoms with E-state index in [1.165, 1.54) is 16.6 Å². The van der Waals surface area contributed by atoms with E-state index in [2.05, 4.69) is 20.7 Å². The number of hydrogen-bond acceptors (Lipinski definition) is 8. The molecule has 2 aromatic heterocycles. The van der Waals surface area contributed by atoms with Crippen LogP contribution in [-0.2, 0) is 9.47 Å². The fourth-order valence-electron chi connectivity index (χ4n) is 4.12. The third-order valence-corrected chi connectivity index (χ3v) is 6.00. The Labute approximate surface area is 231 Å². The Morgan fingerprint density at radius 3 is 2.49 bits per heavy atom. The number of carbonyl (C=O) groups excluding carboxylic acids is 2. The van der Waals surface area contributed by atoms with Crippen LogP contribution in [0.5, 0.6) is 0 Å². The molecule has 10 nitrogen and oxygen atoms in total. The second-order valence-corrected chi connectivity index (χ2v) is 11.8. The summed E-state index contributed by atoms with van der Waals surface area (Å²) in [6.07, 6.45) is 1.18. The van der Waals surface area contributed by atoms with E-state index < -0.39 is 23.0 Å². The fraction of sp³-hybridized carbons (Fsp3) is 0.481. The van der Waals surface area contributed by atoms with E-state index >= 15 is 0 Å². The third-order valence-electron chi connectivity index (χ3n) is 5.65. The van der Waals surface area contributed by atoms with Gasteiger partial charge in [-0.1, -0.05) is 17.7 Å². The predicted molar refractivity (Wildman–Crippen MR) is 147 cm³/mol. The second kappa shape index (κ2) is 10.9. The maximum absolute atomic E-state index is 13.7. The highest BCUT2D eigenvalue weighted by Gasteiger charge is 2.29. The highest BCUT2D eigenvalue weighted by atomic mass is 35.5. The van der Waals surface area contributed by atoms with E-state index in [0.717, 1.165) is 12.8 Å². The molecular weight excluding hydrogens is 527 g/mol. The Balaban J connectivity index is 1.66. The summed E-state index contributed by atoms with van der Waals surface area (Å²) in [6, 6.07) is 7.25. The van der Waals surface area contributed by atoms with Crippen molar-refractivity contribution in [1.82, 2.24) is 19.5 Å². The molecule has 3 heterocycles. The van der Waals surface area contributed by atoms with Gasteiger partial charge in [0.1, 0.15) is 27.9 Å². The van der Waals surface area contributed by atoms with Crippen molar-refractivity contribution in [2.75, 3.05) is 23.7 Å². The van der Waals surface area contributed by atoms with Crippen molar-refractivity contribution in [3.8, 4) is 0 Å². The topological polar surface area (TPSA) is 110 Å². The van der Waals surface area contributed by atoms with Crippen LogP contribution in [0, 0.1) is 5.82 Å². The molecular formula is C27H34ClFN6O4. The van der Waals surface area contributed by atoms with Gasteiger partial charge in [0, 0.05) is 30.9 Å². The van der Waals surface area contributed by atoms with Gasteiger partial charge in [0.15, 0.2) is 17.2 Å². The molecule has 0 saturated carbocycles. The second-order valence-electron chi connectivity index (χ2n) is 11.5. The van der Waals surface area contributed by atoms with E-state index in [0.29, 0.717) is 24.6 Å². The van der Waals surface area contributed by atoms with Crippen molar-refractivity contribution in [2.24, 2.45) is 0 Å². The van der Waals surface area contributed by atoms with Gasteiger partial charge in [0.2, 0.25) is 0 Å². The highest BCUT2D eigenvalue weighted by molar-refractivity contribution is 6.36. The number of carbonyl (C=O) groups is 2. The Kier molecular flexibility index (Phi) is 7.92. The van der Waals surface area contributed by atoms with Crippen molar-refractivity contribution in [3.63, 3.8) is 0 Å². The van der Waals surface area contributed by atoms with Crippen LogP contribution < -0.4 is 10.6 Å². The molecule has 1 fully saturated rings. The minimum atomic E-state index is -0.753. The molecule has 1 aliphatic heterocycles. The number of aromatic nitrogens is 3. The van der Waals surface area contributed by atoms with Crippen molar-refractivity contribution in [2.45, 2.75) is 71.6 Å². The summed E-state index contributed by atoms with van der Waals surface area (Å²) in [5.41, 5.74) is -0.603. The number of benzene rings is 1. The number of likely N-dealkylation sites (tertiary alicyclic amines) is 1. The molecule has 0 bridgehead atoms. The number of nitrogens with one attached hydrogen (secondary N) is 2. The average Bonchev–Trinajstić information content (AvgIpc) is 3.12. The van der Waals surface area contributed by atoms with E-state index in [4.69, 9.17) is 21.1 Å². The summed E-state index contributed by atoms with van der Waals surface area (Å²) < 4.78 is 26.2. The summed E-state index contributed by atoms with van der Waals surface area (Å²) in [5.74, 6) is -0.468. The Morgan fingerprint density at radius 2 is 1.82 bits per heavy atom. The summed E-state index contributed by atoms with van der Waals surface area (Å²) in [4.78, 5) is 32.1. The van der Waals surface area contributed by atoms with Crippen LogP contribution in [0.3, 0.4) is 0 Å². The van der Waals surface area contributed by atoms with E-state index in [9.17, 15) is 14.0 Å². The maximum atomic E-state index is 13.7. The fourth-order valence-corrected chi connectivity index (χ4v) is 4.33. The number of esters is 1. The summed E-state index contributed by atoms with van der Waals surface area (Å²) in [6.45, 7) is 11.8. The molecule has 2 N–H and O–H groups in total. The van der Waals surface area contributed by atoms with Crippen LogP contribution in [-0.4, -0.2) is 61.9 Å². The number of amides is 1. The predicted octanol–water partition coefficient (Wildman–Crippen LogP) is 6.03. The molecule has 1 atom stereocenters. The Hall–Kier alpha value is -3.60. The average molecular weight is 561 g/mol. The minimum Gasteiger partial charge on any atom is -0.455 e. The zero-order valence-electron chi connectivity index (χ0n) is 23.0. The SMILES string of the molecule is CC(C)(C)OC(=O)c1cc(N[C@H]2CCCN(C(=O)OC(C)(C)C)C2)nc2c(Cl)c(Nc3cccc(F)c3)nn12. The maximum Gasteiger partial charge on any atom is 0.410 e. The van der Waals surface area contributed by atoms with Gasteiger partial charge in [0.25, 0.3) is 0 Å². The van der Waals surface area contributed by atoms with Crippen LogP contribution in [0.4, 0.5) is 26.5 Å².